The predicted molar refractivity (Wildman–Crippen MR) is 123 cm³/mol. The number of nitrogens with zero attached hydrogens (tertiary/aromatic N) is 3. The second-order valence-corrected chi connectivity index (χ2v) is 7.57. The van der Waals surface area contributed by atoms with Gasteiger partial charge in [-0.05, 0) is 49.4 Å². The Labute approximate surface area is 179 Å². The lowest BCUT2D eigenvalue weighted by molar-refractivity contribution is 0.414. The van der Waals surface area contributed by atoms with Crippen molar-refractivity contribution in [3.05, 3.63) is 89.1 Å². The molecule has 6 heteroatoms. The van der Waals surface area contributed by atoms with Crippen LogP contribution in [0.25, 0.3) is 39.2 Å². The molecule has 2 heterocycles. The number of fused-ring (bicyclic) bond motifs is 1. The number of hydrogen-bond donors (Lipinski definition) is 1. The Morgan fingerprint density at radius 2 is 1.74 bits per heavy atom. The van der Waals surface area contributed by atoms with E-state index in [4.69, 9.17) is 4.74 Å². The Kier molecular flexibility index (Phi) is 4.47. The van der Waals surface area contributed by atoms with Crippen molar-refractivity contribution in [3.8, 4) is 34.0 Å². The average molecular weight is 410 g/mol. The van der Waals surface area contributed by atoms with Gasteiger partial charge in [0.1, 0.15) is 5.75 Å². The normalized spacial score (nSPS) is 11.2. The van der Waals surface area contributed by atoms with E-state index in [-0.39, 0.29) is 5.69 Å². The van der Waals surface area contributed by atoms with Crippen molar-refractivity contribution in [3.63, 3.8) is 0 Å². The average Bonchev–Trinajstić information content (AvgIpc) is 3.37. The van der Waals surface area contributed by atoms with Crippen molar-refractivity contribution < 1.29 is 4.74 Å². The Morgan fingerprint density at radius 1 is 0.935 bits per heavy atom. The van der Waals surface area contributed by atoms with Gasteiger partial charge in [-0.2, -0.15) is 0 Å². The number of aromatic nitrogens is 4. The largest absolute Gasteiger partial charge is 0.497 e. The highest BCUT2D eigenvalue weighted by atomic mass is 16.5. The number of benzene rings is 3. The first-order chi connectivity index (χ1) is 15.1. The number of aromatic amines is 1. The van der Waals surface area contributed by atoms with E-state index in [9.17, 15) is 4.79 Å². The molecule has 0 aliphatic rings. The molecular formula is C25H22N4O2. The maximum atomic E-state index is 13.0. The molecule has 0 saturated carbocycles. The molecule has 5 rings (SSSR count). The van der Waals surface area contributed by atoms with E-state index in [1.807, 2.05) is 48.5 Å². The van der Waals surface area contributed by atoms with E-state index in [1.54, 1.807) is 29.6 Å². The fraction of sp³-hybridized carbons (Fsp3) is 0.120. The van der Waals surface area contributed by atoms with Crippen LogP contribution in [0, 0.1) is 6.92 Å². The van der Waals surface area contributed by atoms with E-state index in [0.29, 0.717) is 0 Å². The molecule has 0 atom stereocenters. The van der Waals surface area contributed by atoms with Gasteiger partial charge in [0.05, 0.1) is 41.5 Å². The Hall–Kier alpha value is -4.06. The van der Waals surface area contributed by atoms with Crippen LogP contribution >= 0.6 is 0 Å². The Morgan fingerprint density at radius 3 is 2.48 bits per heavy atom. The van der Waals surface area contributed by atoms with Crippen LogP contribution in [0.15, 0.2) is 77.9 Å². The zero-order chi connectivity index (χ0) is 21.5. The van der Waals surface area contributed by atoms with Gasteiger partial charge in [-0.1, -0.05) is 29.8 Å². The van der Waals surface area contributed by atoms with Gasteiger partial charge in [-0.3, -0.25) is 9.13 Å². The Balaban J connectivity index is 1.65. The van der Waals surface area contributed by atoms with Crippen molar-refractivity contribution in [1.82, 2.24) is 19.1 Å². The number of nitrogens with one attached hydrogen (secondary N) is 1. The summed E-state index contributed by atoms with van der Waals surface area (Å²) < 4.78 is 8.63. The number of imidazole rings is 2. The summed E-state index contributed by atoms with van der Waals surface area (Å²) in [6.07, 6.45) is 1.71. The summed E-state index contributed by atoms with van der Waals surface area (Å²) in [5, 5.41) is 0. The van der Waals surface area contributed by atoms with Crippen molar-refractivity contribution in [2.24, 2.45) is 7.05 Å². The first-order valence-electron chi connectivity index (χ1n) is 10.0. The highest BCUT2D eigenvalue weighted by Gasteiger charge is 2.16. The monoisotopic (exact) mass is 410 g/mol. The number of H-pyrrole nitrogens is 1. The number of hydrogen-bond acceptors (Lipinski definition) is 3. The number of aryl methyl sites for hydroxylation is 2. The molecule has 1 N–H and O–H groups in total. The first-order valence-corrected chi connectivity index (χ1v) is 10.0. The van der Waals surface area contributed by atoms with Crippen molar-refractivity contribution in [2.75, 3.05) is 7.11 Å². The smallest absolute Gasteiger partial charge is 0.333 e. The van der Waals surface area contributed by atoms with Gasteiger partial charge in [-0.25, -0.2) is 9.78 Å². The topological polar surface area (TPSA) is 64.8 Å². The minimum atomic E-state index is -0.0964. The number of methoxy groups -OCH3 is 1. The summed E-state index contributed by atoms with van der Waals surface area (Å²) in [6.45, 7) is 2.07. The molecule has 0 aliphatic carbocycles. The molecule has 2 aromatic heterocycles. The van der Waals surface area contributed by atoms with E-state index >= 15 is 0 Å². The molecule has 0 spiro atoms. The molecule has 0 radical (unpaired) electrons. The Bertz CT molecular complexity index is 1460. The third-order valence-electron chi connectivity index (χ3n) is 5.61. The minimum Gasteiger partial charge on any atom is -0.497 e. The lowest BCUT2D eigenvalue weighted by atomic mass is 10.0. The van der Waals surface area contributed by atoms with Crippen LogP contribution in [-0.2, 0) is 7.05 Å². The molecule has 0 amide bonds. The van der Waals surface area contributed by atoms with Gasteiger partial charge >= 0.3 is 5.69 Å². The standard InChI is InChI=1S/C25H22N4O2/c1-16-5-4-6-17(13-16)23-24(27-15-26-23)18-7-12-21-22(14-18)28(2)25(30)29(21)19-8-10-20(31-3)11-9-19/h4-15H,1-3H3,(H,26,27). The van der Waals surface area contributed by atoms with Crippen molar-refractivity contribution in [1.29, 1.82) is 0 Å². The quantitative estimate of drug-likeness (QED) is 0.467. The summed E-state index contributed by atoms with van der Waals surface area (Å²) in [4.78, 5) is 20.9. The molecule has 5 aromatic rings. The van der Waals surface area contributed by atoms with Crippen LogP contribution in [0.1, 0.15) is 5.56 Å². The lowest BCUT2D eigenvalue weighted by Gasteiger charge is -2.07. The second kappa shape index (κ2) is 7.32. The minimum absolute atomic E-state index is 0.0964. The molecule has 0 saturated heterocycles. The molecule has 0 unspecified atom stereocenters. The van der Waals surface area contributed by atoms with Crippen molar-refractivity contribution >= 4 is 11.0 Å². The molecule has 31 heavy (non-hydrogen) atoms. The fourth-order valence-corrected chi connectivity index (χ4v) is 4.00. The third kappa shape index (κ3) is 3.13. The zero-order valence-corrected chi connectivity index (χ0v) is 17.6. The van der Waals surface area contributed by atoms with Crippen LogP contribution < -0.4 is 10.4 Å². The van der Waals surface area contributed by atoms with Crippen LogP contribution in [0.3, 0.4) is 0 Å². The zero-order valence-electron chi connectivity index (χ0n) is 17.6. The molecule has 0 fully saturated rings. The highest BCUT2D eigenvalue weighted by molar-refractivity contribution is 5.87. The van der Waals surface area contributed by atoms with Crippen LogP contribution in [-0.4, -0.2) is 26.2 Å². The summed E-state index contributed by atoms with van der Waals surface area (Å²) in [7, 11) is 3.42. The van der Waals surface area contributed by atoms with Gasteiger partial charge in [-0.15, -0.1) is 0 Å². The summed E-state index contributed by atoms with van der Waals surface area (Å²) >= 11 is 0. The molecule has 154 valence electrons. The predicted octanol–water partition coefficient (Wildman–Crippen LogP) is 4.70. The van der Waals surface area contributed by atoms with Gasteiger partial charge < -0.3 is 9.72 Å². The number of ether oxygens (including phenoxy) is 1. The molecule has 6 nitrogen and oxygen atoms in total. The van der Waals surface area contributed by atoms with Gasteiger partial charge in [0, 0.05) is 18.2 Å². The molecule has 0 bridgehead atoms. The summed E-state index contributed by atoms with van der Waals surface area (Å²) in [6, 6.07) is 21.8. The summed E-state index contributed by atoms with van der Waals surface area (Å²) in [5.74, 6) is 0.752. The maximum Gasteiger partial charge on any atom is 0.333 e. The molecular weight excluding hydrogens is 388 g/mol. The maximum absolute atomic E-state index is 13.0. The lowest BCUT2D eigenvalue weighted by Crippen LogP contribution is -2.20. The van der Waals surface area contributed by atoms with Gasteiger partial charge in [0.2, 0.25) is 0 Å². The van der Waals surface area contributed by atoms with Crippen LogP contribution in [0.4, 0.5) is 0 Å². The van der Waals surface area contributed by atoms with Crippen LogP contribution in [0.2, 0.25) is 0 Å². The van der Waals surface area contributed by atoms with Gasteiger partial charge in [0.25, 0.3) is 0 Å². The summed E-state index contributed by atoms with van der Waals surface area (Å²) in [5.41, 5.74) is 7.43. The SMILES string of the molecule is COc1ccc(-n2c(=O)n(C)c3cc(-c4[nH]cnc4-c4cccc(C)c4)ccc32)cc1. The van der Waals surface area contributed by atoms with Crippen LogP contribution in [0.5, 0.6) is 5.75 Å². The second-order valence-electron chi connectivity index (χ2n) is 7.57. The van der Waals surface area contributed by atoms with E-state index in [2.05, 4.69) is 35.1 Å². The number of rotatable bonds is 4. The highest BCUT2D eigenvalue weighted by Crippen LogP contribution is 2.31. The first kappa shape index (κ1) is 18.9. The third-order valence-corrected chi connectivity index (χ3v) is 5.61. The van der Waals surface area contributed by atoms with E-state index in [1.165, 1.54) is 5.56 Å². The van der Waals surface area contributed by atoms with E-state index in [0.717, 1.165) is 45.0 Å². The van der Waals surface area contributed by atoms with E-state index < -0.39 is 0 Å². The van der Waals surface area contributed by atoms with Crippen molar-refractivity contribution in [2.45, 2.75) is 6.92 Å². The molecule has 3 aromatic carbocycles. The fourth-order valence-electron chi connectivity index (χ4n) is 4.00. The molecule has 0 aliphatic heterocycles. The van der Waals surface area contributed by atoms with Gasteiger partial charge in [0.15, 0.2) is 0 Å².